The second-order valence-electron chi connectivity index (χ2n) is 3.02. The average Bonchev–Trinajstić information content (AvgIpc) is 2.48. The van der Waals surface area contributed by atoms with Crippen molar-refractivity contribution in [1.82, 2.24) is 9.78 Å². The van der Waals surface area contributed by atoms with Gasteiger partial charge in [0.25, 0.3) is 0 Å². The van der Waals surface area contributed by atoms with Crippen LogP contribution in [0.3, 0.4) is 0 Å². The first-order valence-electron chi connectivity index (χ1n) is 4.16. The van der Waals surface area contributed by atoms with Gasteiger partial charge in [-0.3, -0.25) is 0 Å². The number of nitrogens with zero attached hydrogens (tertiary/aromatic N) is 2. The molecule has 2 rings (SSSR count). The van der Waals surface area contributed by atoms with Crippen LogP contribution in [0, 0.1) is 0 Å². The number of hydrogen-bond acceptors (Lipinski definition) is 2. The Morgan fingerprint density at radius 1 is 1.29 bits per heavy atom. The summed E-state index contributed by atoms with van der Waals surface area (Å²) in [6.07, 6.45) is 0. The molecule has 2 aromatic rings. The summed E-state index contributed by atoms with van der Waals surface area (Å²) in [5.74, 6) is 0.169. The van der Waals surface area contributed by atoms with Crippen LogP contribution in [0.1, 0.15) is 0 Å². The predicted octanol–water partition coefficient (Wildman–Crippen LogP) is 2.56. The smallest absolute Gasteiger partial charge is 0.209 e. The highest BCUT2D eigenvalue weighted by Gasteiger charge is 2.04. The Bertz CT molecular complexity index is 428. The third-order valence-corrected chi connectivity index (χ3v) is 2.52. The maximum Gasteiger partial charge on any atom is 0.209 e. The van der Waals surface area contributed by atoms with Crippen LogP contribution in [0.15, 0.2) is 34.8 Å². The lowest BCUT2D eigenvalue weighted by Crippen LogP contribution is -1.89. The van der Waals surface area contributed by atoms with E-state index in [-0.39, 0.29) is 5.88 Å². The summed E-state index contributed by atoms with van der Waals surface area (Å²) in [7, 11) is 1.71. The summed E-state index contributed by atoms with van der Waals surface area (Å²) < 4.78 is 2.47. The highest BCUT2D eigenvalue weighted by atomic mass is 79.9. The van der Waals surface area contributed by atoms with E-state index in [0.717, 1.165) is 15.7 Å². The molecule has 0 radical (unpaired) electrons. The molecule has 0 aliphatic carbocycles. The van der Waals surface area contributed by atoms with Crippen molar-refractivity contribution in [2.75, 3.05) is 0 Å². The maximum atomic E-state index is 9.35. The van der Waals surface area contributed by atoms with Crippen molar-refractivity contribution < 1.29 is 5.11 Å². The molecule has 0 fully saturated rings. The van der Waals surface area contributed by atoms with Crippen LogP contribution in [0.2, 0.25) is 0 Å². The minimum atomic E-state index is 0.169. The van der Waals surface area contributed by atoms with Crippen LogP contribution >= 0.6 is 15.9 Å². The molecular weight excluding hydrogens is 244 g/mol. The van der Waals surface area contributed by atoms with E-state index in [4.69, 9.17) is 0 Å². The Balaban J connectivity index is 2.44. The van der Waals surface area contributed by atoms with E-state index >= 15 is 0 Å². The lowest BCUT2D eigenvalue weighted by Gasteiger charge is -1.95. The van der Waals surface area contributed by atoms with Gasteiger partial charge in [-0.05, 0) is 12.1 Å². The molecule has 3 nitrogen and oxygen atoms in total. The second-order valence-corrected chi connectivity index (χ2v) is 3.93. The van der Waals surface area contributed by atoms with Gasteiger partial charge in [-0.1, -0.05) is 28.1 Å². The molecule has 1 aromatic carbocycles. The summed E-state index contributed by atoms with van der Waals surface area (Å²) in [5.41, 5.74) is 1.77. The van der Waals surface area contributed by atoms with Gasteiger partial charge in [0.1, 0.15) is 0 Å². The van der Waals surface area contributed by atoms with E-state index in [1.54, 1.807) is 13.1 Å². The van der Waals surface area contributed by atoms with Crippen LogP contribution in [-0.2, 0) is 7.05 Å². The minimum Gasteiger partial charge on any atom is -0.493 e. The van der Waals surface area contributed by atoms with Crippen molar-refractivity contribution in [3.8, 4) is 17.1 Å². The molecule has 1 N–H and O–H groups in total. The number of aryl methyl sites for hydroxylation is 1. The van der Waals surface area contributed by atoms with E-state index in [1.807, 2.05) is 24.3 Å². The molecule has 0 aliphatic rings. The molecule has 0 spiro atoms. The SMILES string of the molecule is Cn1nc(-c2ccc(Br)cc2)cc1O. The van der Waals surface area contributed by atoms with E-state index in [0.29, 0.717) is 0 Å². The summed E-state index contributed by atoms with van der Waals surface area (Å²) in [6, 6.07) is 9.43. The highest BCUT2D eigenvalue weighted by molar-refractivity contribution is 9.10. The summed E-state index contributed by atoms with van der Waals surface area (Å²) in [4.78, 5) is 0. The van der Waals surface area contributed by atoms with Gasteiger partial charge >= 0.3 is 0 Å². The van der Waals surface area contributed by atoms with Gasteiger partial charge in [-0.15, -0.1) is 0 Å². The molecule has 0 unspecified atom stereocenters. The van der Waals surface area contributed by atoms with E-state index in [9.17, 15) is 5.11 Å². The van der Waals surface area contributed by atoms with Crippen LogP contribution in [0.5, 0.6) is 5.88 Å². The number of rotatable bonds is 1. The lowest BCUT2D eigenvalue weighted by molar-refractivity contribution is 0.419. The zero-order valence-corrected chi connectivity index (χ0v) is 9.19. The molecule has 0 bridgehead atoms. The van der Waals surface area contributed by atoms with E-state index in [1.165, 1.54) is 4.68 Å². The van der Waals surface area contributed by atoms with Crippen LogP contribution in [-0.4, -0.2) is 14.9 Å². The first-order chi connectivity index (χ1) is 6.66. The topological polar surface area (TPSA) is 38.0 Å². The quantitative estimate of drug-likeness (QED) is 0.848. The van der Waals surface area contributed by atoms with Crippen molar-refractivity contribution in [3.05, 3.63) is 34.8 Å². The van der Waals surface area contributed by atoms with Crippen LogP contribution < -0.4 is 0 Å². The van der Waals surface area contributed by atoms with Crippen LogP contribution in [0.25, 0.3) is 11.3 Å². The fourth-order valence-electron chi connectivity index (χ4n) is 1.22. The van der Waals surface area contributed by atoms with Crippen molar-refractivity contribution in [2.24, 2.45) is 7.05 Å². The Hall–Kier alpha value is -1.29. The van der Waals surface area contributed by atoms with Gasteiger partial charge in [0, 0.05) is 23.2 Å². The van der Waals surface area contributed by atoms with Gasteiger partial charge in [-0.25, -0.2) is 4.68 Å². The number of benzene rings is 1. The maximum absolute atomic E-state index is 9.35. The summed E-state index contributed by atoms with van der Waals surface area (Å²) in [5, 5.41) is 13.5. The Kier molecular flexibility index (Phi) is 2.29. The van der Waals surface area contributed by atoms with E-state index < -0.39 is 0 Å². The number of aromatic hydroxyl groups is 1. The van der Waals surface area contributed by atoms with Gasteiger partial charge in [0.15, 0.2) is 0 Å². The molecule has 0 saturated carbocycles. The predicted molar refractivity (Wildman–Crippen MR) is 58.0 cm³/mol. The summed E-state index contributed by atoms with van der Waals surface area (Å²) in [6.45, 7) is 0. The van der Waals surface area contributed by atoms with Gasteiger partial charge in [-0.2, -0.15) is 5.10 Å². The molecule has 1 aromatic heterocycles. The summed E-state index contributed by atoms with van der Waals surface area (Å²) >= 11 is 3.36. The minimum absolute atomic E-state index is 0.169. The molecule has 72 valence electrons. The molecule has 0 atom stereocenters. The molecule has 0 aliphatic heterocycles. The zero-order valence-electron chi connectivity index (χ0n) is 7.61. The largest absolute Gasteiger partial charge is 0.493 e. The van der Waals surface area contributed by atoms with Crippen molar-refractivity contribution in [3.63, 3.8) is 0 Å². The Morgan fingerprint density at radius 2 is 1.93 bits per heavy atom. The lowest BCUT2D eigenvalue weighted by atomic mass is 10.2. The molecule has 14 heavy (non-hydrogen) atoms. The number of hydrogen-bond donors (Lipinski definition) is 1. The number of aromatic nitrogens is 2. The highest BCUT2D eigenvalue weighted by Crippen LogP contribution is 2.23. The monoisotopic (exact) mass is 252 g/mol. The van der Waals surface area contributed by atoms with Crippen molar-refractivity contribution in [2.45, 2.75) is 0 Å². The molecule has 1 heterocycles. The molecule has 0 saturated heterocycles. The van der Waals surface area contributed by atoms with Crippen LogP contribution in [0.4, 0.5) is 0 Å². The second kappa shape index (κ2) is 3.46. The Labute approximate surface area is 90.1 Å². The third kappa shape index (κ3) is 1.65. The average molecular weight is 253 g/mol. The standard InChI is InChI=1S/C10H9BrN2O/c1-13-10(14)6-9(12-13)7-2-4-8(11)5-3-7/h2-6,14H,1H3. The Morgan fingerprint density at radius 3 is 2.43 bits per heavy atom. The molecule has 0 amide bonds. The van der Waals surface area contributed by atoms with Crippen molar-refractivity contribution in [1.29, 1.82) is 0 Å². The zero-order chi connectivity index (χ0) is 10.1. The normalized spacial score (nSPS) is 10.4. The van der Waals surface area contributed by atoms with Gasteiger partial charge < -0.3 is 5.11 Å². The third-order valence-electron chi connectivity index (χ3n) is 2.00. The fourth-order valence-corrected chi connectivity index (χ4v) is 1.48. The molecule has 4 heteroatoms. The first kappa shape index (κ1) is 9.27. The fraction of sp³-hybridized carbons (Fsp3) is 0.100. The van der Waals surface area contributed by atoms with E-state index in [2.05, 4.69) is 21.0 Å². The van der Waals surface area contributed by atoms with Gasteiger partial charge in [0.05, 0.1) is 5.69 Å². The van der Waals surface area contributed by atoms with Gasteiger partial charge in [0.2, 0.25) is 5.88 Å². The number of halogens is 1. The molecular formula is C10H9BrN2O. The van der Waals surface area contributed by atoms with Crippen molar-refractivity contribution >= 4 is 15.9 Å². The first-order valence-corrected chi connectivity index (χ1v) is 4.95.